The van der Waals surface area contributed by atoms with E-state index in [0.29, 0.717) is 41.8 Å². The minimum Gasteiger partial charge on any atom is -0.493 e. The lowest BCUT2D eigenvalue weighted by Gasteiger charge is -2.31. The van der Waals surface area contributed by atoms with Crippen molar-refractivity contribution in [3.05, 3.63) is 33.1 Å². The maximum atomic E-state index is 12.7. The van der Waals surface area contributed by atoms with Gasteiger partial charge in [0.05, 0.1) is 11.5 Å². The highest BCUT2D eigenvalue weighted by molar-refractivity contribution is 9.10. The molecule has 3 amide bonds. The maximum Gasteiger partial charge on any atom is 0.294 e. The molecule has 0 spiro atoms. The Morgan fingerprint density at radius 1 is 1.32 bits per heavy atom. The molecule has 8 heteroatoms. The fourth-order valence-electron chi connectivity index (χ4n) is 3.19. The Balaban J connectivity index is 1.74. The molecule has 2 aliphatic rings. The summed E-state index contributed by atoms with van der Waals surface area (Å²) in [5.41, 5.74) is 0.707. The number of benzene rings is 1. The second kappa shape index (κ2) is 9.13. The lowest BCUT2D eigenvalue weighted by Crippen LogP contribution is -2.45. The molecular weight excluding hydrogens is 444 g/mol. The largest absolute Gasteiger partial charge is 0.493 e. The number of amides is 3. The Hall–Kier alpha value is -1.80. The Labute approximate surface area is 177 Å². The zero-order chi connectivity index (χ0) is 20.3. The minimum atomic E-state index is -0.434. The number of imide groups is 1. The van der Waals surface area contributed by atoms with Crippen LogP contribution in [0.5, 0.6) is 5.75 Å². The van der Waals surface area contributed by atoms with Crippen molar-refractivity contribution in [2.75, 3.05) is 26.2 Å². The van der Waals surface area contributed by atoms with E-state index in [4.69, 9.17) is 4.74 Å². The van der Waals surface area contributed by atoms with Gasteiger partial charge in [-0.25, -0.2) is 0 Å². The number of likely N-dealkylation sites (tertiary alicyclic amines) is 1. The number of rotatable bonds is 5. The third kappa shape index (κ3) is 4.78. The van der Waals surface area contributed by atoms with Gasteiger partial charge < -0.3 is 9.64 Å². The molecule has 0 aromatic heterocycles. The van der Waals surface area contributed by atoms with Crippen molar-refractivity contribution in [3.63, 3.8) is 0 Å². The van der Waals surface area contributed by atoms with Gasteiger partial charge in [0, 0.05) is 23.1 Å². The summed E-state index contributed by atoms with van der Waals surface area (Å²) < 4.78 is 6.44. The standard InChI is InChI=1S/C20H23BrN2O4S/c1-3-27-16-5-4-15(21)10-14(16)11-17-19(25)23(20(26)28-17)12-18(24)22-8-6-13(2)7-9-22/h4-5,10-11,13H,3,6-9,12H2,1-2H3/b17-11+. The van der Waals surface area contributed by atoms with Gasteiger partial charge in [-0.1, -0.05) is 22.9 Å². The van der Waals surface area contributed by atoms with Crippen LogP contribution in [0.1, 0.15) is 32.3 Å². The van der Waals surface area contributed by atoms with Crippen molar-refractivity contribution in [1.29, 1.82) is 0 Å². The first-order valence-corrected chi connectivity index (χ1v) is 11.0. The van der Waals surface area contributed by atoms with Crippen LogP contribution in [0.2, 0.25) is 0 Å². The number of thioether (sulfide) groups is 1. The summed E-state index contributed by atoms with van der Waals surface area (Å²) in [6, 6.07) is 5.50. The molecule has 0 bridgehead atoms. The monoisotopic (exact) mass is 466 g/mol. The number of nitrogens with zero attached hydrogens (tertiary/aromatic N) is 2. The summed E-state index contributed by atoms with van der Waals surface area (Å²) >= 11 is 4.27. The van der Waals surface area contributed by atoms with E-state index in [1.807, 2.05) is 25.1 Å². The van der Waals surface area contributed by atoms with Gasteiger partial charge in [-0.3, -0.25) is 19.3 Å². The molecule has 0 atom stereocenters. The number of halogens is 1. The first-order chi connectivity index (χ1) is 13.4. The quantitative estimate of drug-likeness (QED) is 0.609. The van der Waals surface area contributed by atoms with Crippen molar-refractivity contribution in [1.82, 2.24) is 9.80 Å². The summed E-state index contributed by atoms with van der Waals surface area (Å²) in [4.78, 5) is 40.7. The third-order valence-electron chi connectivity index (χ3n) is 4.86. The molecule has 3 rings (SSSR count). The van der Waals surface area contributed by atoms with Gasteiger partial charge in [-0.05, 0) is 61.7 Å². The van der Waals surface area contributed by atoms with Crippen molar-refractivity contribution >= 4 is 50.8 Å². The van der Waals surface area contributed by atoms with E-state index in [2.05, 4.69) is 22.9 Å². The Morgan fingerprint density at radius 3 is 2.71 bits per heavy atom. The fourth-order valence-corrected chi connectivity index (χ4v) is 4.40. The average Bonchev–Trinajstić information content (AvgIpc) is 2.92. The van der Waals surface area contributed by atoms with Crippen molar-refractivity contribution < 1.29 is 19.1 Å². The van der Waals surface area contributed by atoms with Crippen LogP contribution >= 0.6 is 27.7 Å². The molecular formula is C20H23BrN2O4S. The van der Waals surface area contributed by atoms with Crippen molar-refractivity contribution in [2.45, 2.75) is 26.7 Å². The molecule has 0 saturated carbocycles. The Morgan fingerprint density at radius 2 is 2.04 bits per heavy atom. The van der Waals surface area contributed by atoms with E-state index in [-0.39, 0.29) is 12.5 Å². The Bertz CT molecular complexity index is 818. The number of hydrogen-bond donors (Lipinski definition) is 0. The molecule has 1 aromatic rings. The lowest BCUT2D eigenvalue weighted by molar-refractivity contribution is -0.136. The van der Waals surface area contributed by atoms with Crippen LogP contribution in [0.4, 0.5) is 4.79 Å². The van der Waals surface area contributed by atoms with Gasteiger partial charge >= 0.3 is 0 Å². The Kier molecular flexibility index (Phi) is 6.82. The van der Waals surface area contributed by atoms with Crippen molar-refractivity contribution in [2.24, 2.45) is 5.92 Å². The van der Waals surface area contributed by atoms with E-state index in [1.165, 1.54) is 0 Å². The first-order valence-electron chi connectivity index (χ1n) is 9.34. The topological polar surface area (TPSA) is 66.9 Å². The third-order valence-corrected chi connectivity index (χ3v) is 6.26. The maximum absolute atomic E-state index is 12.7. The summed E-state index contributed by atoms with van der Waals surface area (Å²) in [5.74, 6) is 0.633. The molecule has 2 saturated heterocycles. The number of piperidine rings is 1. The highest BCUT2D eigenvalue weighted by Gasteiger charge is 2.37. The molecule has 150 valence electrons. The van der Waals surface area contributed by atoms with Crippen LogP contribution in [0.25, 0.3) is 6.08 Å². The molecule has 0 N–H and O–H groups in total. The first kappa shape index (κ1) is 20.9. The van der Waals surface area contributed by atoms with E-state index in [9.17, 15) is 14.4 Å². The van der Waals surface area contributed by atoms with E-state index in [1.54, 1.807) is 11.0 Å². The minimum absolute atomic E-state index is 0.173. The van der Waals surface area contributed by atoms with Gasteiger partial charge in [0.1, 0.15) is 12.3 Å². The van der Waals surface area contributed by atoms with Crippen LogP contribution in [-0.2, 0) is 9.59 Å². The van der Waals surface area contributed by atoms with Gasteiger partial charge in [0.15, 0.2) is 0 Å². The SMILES string of the molecule is CCOc1ccc(Br)cc1/C=C1/SC(=O)N(CC(=O)N2CCC(C)CC2)C1=O. The van der Waals surface area contributed by atoms with E-state index < -0.39 is 11.1 Å². The summed E-state index contributed by atoms with van der Waals surface area (Å²) in [5, 5.41) is -0.414. The van der Waals surface area contributed by atoms with Crippen LogP contribution in [0, 0.1) is 5.92 Å². The summed E-state index contributed by atoms with van der Waals surface area (Å²) in [7, 11) is 0. The molecule has 2 aliphatic heterocycles. The highest BCUT2D eigenvalue weighted by atomic mass is 79.9. The van der Waals surface area contributed by atoms with E-state index in [0.717, 1.165) is 34.0 Å². The molecule has 0 unspecified atom stereocenters. The number of carbonyl (C=O) groups excluding carboxylic acids is 3. The number of carbonyl (C=O) groups is 3. The molecule has 0 aliphatic carbocycles. The number of ether oxygens (including phenoxy) is 1. The van der Waals surface area contributed by atoms with Gasteiger partial charge in [-0.15, -0.1) is 0 Å². The van der Waals surface area contributed by atoms with Gasteiger partial charge in [0.2, 0.25) is 5.91 Å². The van der Waals surface area contributed by atoms with Crippen molar-refractivity contribution in [3.8, 4) is 5.75 Å². The molecule has 28 heavy (non-hydrogen) atoms. The highest BCUT2D eigenvalue weighted by Crippen LogP contribution is 2.35. The molecule has 2 heterocycles. The lowest BCUT2D eigenvalue weighted by atomic mass is 9.99. The predicted molar refractivity (Wildman–Crippen MR) is 113 cm³/mol. The van der Waals surface area contributed by atoms with Crippen LogP contribution < -0.4 is 4.74 Å². The van der Waals surface area contributed by atoms with Crippen LogP contribution in [0.3, 0.4) is 0 Å². The molecule has 0 radical (unpaired) electrons. The smallest absolute Gasteiger partial charge is 0.294 e. The van der Waals surface area contributed by atoms with Crippen LogP contribution in [0.15, 0.2) is 27.6 Å². The summed E-state index contributed by atoms with van der Waals surface area (Å²) in [6.45, 7) is 5.71. The molecule has 6 nitrogen and oxygen atoms in total. The second-order valence-corrected chi connectivity index (χ2v) is 8.86. The second-order valence-electron chi connectivity index (χ2n) is 6.95. The molecule has 2 fully saturated rings. The number of hydrogen-bond acceptors (Lipinski definition) is 5. The van der Waals surface area contributed by atoms with Gasteiger partial charge in [-0.2, -0.15) is 0 Å². The van der Waals surface area contributed by atoms with Crippen LogP contribution in [-0.4, -0.2) is 53.1 Å². The average molecular weight is 467 g/mol. The zero-order valence-electron chi connectivity index (χ0n) is 15.9. The van der Waals surface area contributed by atoms with E-state index >= 15 is 0 Å². The fraction of sp³-hybridized carbons (Fsp3) is 0.450. The summed E-state index contributed by atoms with van der Waals surface area (Å²) in [6.07, 6.45) is 3.56. The van der Waals surface area contributed by atoms with Gasteiger partial charge in [0.25, 0.3) is 11.1 Å². The zero-order valence-corrected chi connectivity index (χ0v) is 18.3. The normalized spacial score (nSPS) is 19.6. The molecule has 1 aromatic carbocycles. The predicted octanol–water partition coefficient (Wildman–Crippen LogP) is 4.14.